The fraction of sp³-hybridized carbons (Fsp3) is 0.278. The number of fused-ring (bicyclic) bond motifs is 1. The SMILES string of the molecule is CN1CCN(c2cnc3c(Cl)c(Nc4ccc(Br)cc4Cl)ccn23)CC1. The summed E-state index contributed by atoms with van der Waals surface area (Å²) in [6, 6.07) is 7.64. The number of imidazole rings is 1. The van der Waals surface area contributed by atoms with Gasteiger partial charge < -0.3 is 15.1 Å². The number of nitrogens with one attached hydrogen (secondary N) is 1. The second-order valence-corrected chi connectivity index (χ2v) is 8.09. The molecule has 1 saturated heterocycles. The van der Waals surface area contributed by atoms with Gasteiger partial charge in [0.15, 0.2) is 5.65 Å². The van der Waals surface area contributed by atoms with Crippen LogP contribution in [0.1, 0.15) is 0 Å². The van der Waals surface area contributed by atoms with Crippen LogP contribution in [-0.4, -0.2) is 47.5 Å². The lowest BCUT2D eigenvalue weighted by Crippen LogP contribution is -2.44. The van der Waals surface area contributed by atoms with E-state index in [9.17, 15) is 0 Å². The molecule has 26 heavy (non-hydrogen) atoms. The Bertz CT molecular complexity index is 950. The van der Waals surface area contributed by atoms with E-state index < -0.39 is 0 Å². The van der Waals surface area contributed by atoms with Crippen molar-refractivity contribution >= 4 is 62.0 Å². The Kier molecular flexibility index (Phi) is 5.01. The van der Waals surface area contributed by atoms with Crippen molar-refractivity contribution in [1.82, 2.24) is 14.3 Å². The van der Waals surface area contributed by atoms with E-state index in [-0.39, 0.29) is 0 Å². The monoisotopic (exact) mass is 453 g/mol. The average Bonchev–Trinajstić information content (AvgIpc) is 3.05. The lowest BCUT2D eigenvalue weighted by Gasteiger charge is -2.33. The Morgan fingerprint density at radius 1 is 1.08 bits per heavy atom. The molecule has 0 amide bonds. The minimum Gasteiger partial charge on any atom is -0.354 e. The Labute approximate surface area is 170 Å². The van der Waals surface area contributed by atoms with Gasteiger partial charge >= 0.3 is 0 Å². The molecule has 0 radical (unpaired) electrons. The van der Waals surface area contributed by atoms with Crippen molar-refractivity contribution in [2.24, 2.45) is 0 Å². The number of likely N-dealkylation sites (N-methyl/N-ethyl adjacent to an activating group) is 1. The number of hydrogen-bond acceptors (Lipinski definition) is 4. The van der Waals surface area contributed by atoms with E-state index in [1.54, 1.807) is 0 Å². The van der Waals surface area contributed by atoms with E-state index in [2.05, 4.69) is 43.1 Å². The second-order valence-electron chi connectivity index (χ2n) is 6.39. The molecule has 0 saturated carbocycles. The summed E-state index contributed by atoms with van der Waals surface area (Å²) in [5.41, 5.74) is 2.31. The van der Waals surface area contributed by atoms with Gasteiger partial charge in [-0.25, -0.2) is 4.98 Å². The maximum atomic E-state index is 6.63. The molecule has 2 aromatic heterocycles. The zero-order chi connectivity index (χ0) is 18.3. The standard InChI is InChI=1S/C18H18BrCl2N5/c1-24-6-8-25(9-7-24)16-11-22-18-17(21)15(4-5-26(16)18)23-14-3-2-12(19)10-13(14)20/h2-5,10-11,23H,6-9H2,1H3. The van der Waals surface area contributed by atoms with Gasteiger partial charge in [0.05, 0.1) is 22.6 Å². The van der Waals surface area contributed by atoms with Crippen LogP contribution in [0.4, 0.5) is 17.2 Å². The normalized spacial score (nSPS) is 15.6. The molecule has 136 valence electrons. The number of aromatic nitrogens is 2. The van der Waals surface area contributed by atoms with Crippen LogP contribution >= 0.6 is 39.1 Å². The number of rotatable bonds is 3. The van der Waals surface area contributed by atoms with E-state index in [0.29, 0.717) is 10.0 Å². The largest absolute Gasteiger partial charge is 0.354 e. The van der Waals surface area contributed by atoms with Crippen molar-refractivity contribution in [1.29, 1.82) is 0 Å². The molecule has 1 N–H and O–H groups in total. The van der Waals surface area contributed by atoms with Gasteiger partial charge in [0.2, 0.25) is 0 Å². The summed E-state index contributed by atoms with van der Waals surface area (Å²) in [5.74, 6) is 1.07. The summed E-state index contributed by atoms with van der Waals surface area (Å²) >= 11 is 16.3. The molecule has 0 spiro atoms. The number of anilines is 3. The zero-order valence-corrected chi connectivity index (χ0v) is 17.3. The van der Waals surface area contributed by atoms with E-state index in [1.165, 1.54) is 0 Å². The Balaban J connectivity index is 1.65. The summed E-state index contributed by atoms with van der Waals surface area (Å²) in [7, 11) is 2.15. The quantitative estimate of drug-likeness (QED) is 0.610. The van der Waals surface area contributed by atoms with Crippen molar-refractivity contribution in [3.05, 3.63) is 51.2 Å². The molecule has 1 aliphatic rings. The summed E-state index contributed by atoms with van der Waals surface area (Å²) in [6.07, 6.45) is 3.89. The molecule has 1 aromatic carbocycles. The summed E-state index contributed by atoms with van der Waals surface area (Å²) in [6.45, 7) is 4.05. The Morgan fingerprint density at radius 2 is 1.85 bits per heavy atom. The van der Waals surface area contributed by atoms with E-state index in [4.69, 9.17) is 23.2 Å². The highest BCUT2D eigenvalue weighted by molar-refractivity contribution is 9.10. The highest BCUT2D eigenvalue weighted by Crippen LogP contribution is 2.34. The van der Waals surface area contributed by atoms with Crippen molar-refractivity contribution in [2.45, 2.75) is 0 Å². The van der Waals surface area contributed by atoms with Gasteiger partial charge in [-0.3, -0.25) is 4.40 Å². The predicted molar refractivity (Wildman–Crippen MR) is 112 cm³/mol. The van der Waals surface area contributed by atoms with E-state index in [0.717, 1.165) is 53.5 Å². The van der Waals surface area contributed by atoms with Crippen molar-refractivity contribution in [2.75, 3.05) is 43.4 Å². The van der Waals surface area contributed by atoms with Crippen LogP contribution < -0.4 is 10.2 Å². The topological polar surface area (TPSA) is 35.8 Å². The van der Waals surface area contributed by atoms with Gasteiger partial charge in [-0.1, -0.05) is 39.1 Å². The van der Waals surface area contributed by atoms with Gasteiger partial charge in [-0.15, -0.1) is 0 Å². The molecular weight excluding hydrogens is 437 g/mol. The predicted octanol–water partition coefficient (Wildman–Crippen LogP) is 4.90. The number of pyridine rings is 1. The lowest BCUT2D eigenvalue weighted by atomic mass is 10.3. The molecule has 3 aromatic rings. The van der Waals surface area contributed by atoms with E-state index in [1.807, 2.05) is 41.1 Å². The Hall–Kier alpha value is -1.47. The fourth-order valence-electron chi connectivity index (χ4n) is 3.11. The van der Waals surface area contributed by atoms with E-state index >= 15 is 0 Å². The number of nitrogens with zero attached hydrogens (tertiary/aromatic N) is 4. The van der Waals surface area contributed by atoms with Crippen LogP contribution in [0.3, 0.4) is 0 Å². The maximum Gasteiger partial charge on any atom is 0.159 e. The Morgan fingerprint density at radius 3 is 2.58 bits per heavy atom. The molecule has 4 rings (SSSR count). The second kappa shape index (κ2) is 7.27. The van der Waals surface area contributed by atoms with Crippen LogP contribution in [0.2, 0.25) is 10.0 Å². The highest BCUT2D eigenvalue weighted by Gasteiger charge is 2.19. The smallest absolute Gasteiger partial charge is 0.159 e. The molecule has 5 nitrogen and oxygen atoms in total. The molecule has 0 aliphatic carbocycles. The minimum absolute atomic E-state index is 0.576. The van der Waals surface area contributed by atoms with Crippen LogP contribution in [0.5, 0.6) is 0 Å². The number of hydrogen-bond donors (Lipinski definition) is 1. The third-order valence-electron chi connectivity index (χ3n) is 4.63. The molecule has 0 bridgehead atoms. The van der Waals surface area contributed by atoms with Crippen LogP contribution in [0, 0.1) is 0 Å². The first kappa shape index (κ1) is 17.9. The van der Waals surface area contributed by atoms with Crippen LogP contribution in [0.25, 0.3) is 5.65 Å². The third kappa shape index (κ3) is 3.39. The first-order chi connectivity index (χ1) is 12.5. The first-order valence-electron chi connectivity index (χ1n) is 8.34. The van der Waals surface area contributed by atoms with Gasteiger partial charge in [0, 0.05) is 36.8 Å². The molecule has 0 atom stereocenters. The molecule has 1 aliphatic heterocycles. The minimum atomic E-state index is 0.576. The summed E-state index contributed by atoms with van der Waals surface area (Å²) < 4.78 is 2.97. The first-order valence-corrected chi connectivity index (χ1v) is 9.89. The molecule has 8 heteroatoms. The van der Waals surface area contributed by atoms with Crippen LogP contribution in [-0.2, 0) is 0 Å². The molecule has 0 unspecified atom stereocenters. The van der Waals surface area contributed by atoms with Crippen molar-refractivity contribution in [3.8, 4) is 0 Å². The zero-order valence-electron chi connectivity index (χ0n) is 14.2. The maximum absolute atomic E-state index is 6.63. The van der Waals surface area contributed by atoms with Gasteiger partial charge in [0.1, 0.15) is 10.8 Å². The van der Waals surface area contributed by atoms with Gasteiger partial charge in [-0.2, -0.15) is 0 Å². The molecule has 3 heterocycles. The number of benzene rings is 1. The lowest BCUT2D eigenvalue weighted by molar-refractivity contribution is 0.312. The van der Waals surface area contributed by atoms with Crippen molar-refractivity contribution in [3.63, 3.8) is 0 Å². The number of piperazine rings is 1. The average molecular weight is 455 g/mol. The highest BCUT2D eigenvalue weighted by atomic mass is 79.9. The fourth-order valence-corrected chi connectivity index (χ4v) is 4.08. The van der Waals surface area contributed by atoms with Gasteiger partial charge in [-0.05, 0) is 31.3 Å². The number of halogens is 3. The third-order valence-corrected chi connectivity index (χ3v) is 5.81. The molecular formula is C18H18BrCl2N5. The van der Waals surface area contributed by atoms with Crippen molar-refractivity contribution < 1.29 is 0 Å². The summed E-state index contributed by atoms with van der Waals surface area (Å²) in [4.78, 5) is 9.22. The summed E-state index contributed by atoms with van der Waals surface area (Å²) in [5, 5.41) is 4.49. The van der Waals surface area contributed by atoms with Crippen LogP contribution in [0.15, 0.2) is 41.1 Å². The van der Waals surface area contributed by atoms with Gasteiger partial charge in [0.25, 0.3) is 0 Å². The molecule has 1 fully saturated rings.